The molecule has 1 aromatic rings. The Morgan fingerprint density at radius 3 is 2.68 bits per heavy atom. The quantitative estimate of drug-likeness (QED) is 0.807. The van der Waals surface area contributed by atoms with Crippen molar-refractivity contribution in [3.8, 4) is 5.75 Å². The van der Waals surface area contributed by atoms with Crippen molar-refractivity contribution in [3.63, 3.8) is 0 Å². The van der Waals surface area contributed by atoms with Crippen molar-refractivity contribution in [3.05, 3.63) is 18.2 Å². The van der Waals surface area contributed by atoms with Gasteiger partial charge in [0.1, 0.15) is 11.4 Å². The molecule has 1 saturated heterocycles. The average molecular weight is 366 g/mol. The van der Waals surface area contributed by atoms with Crippen LogP contribution in [0, 0.1) is 5.92 Å². The first kappa shape index (κ1) is 18.2. The highest BCUT2D eigenvalue weighted by molar-refractivity contribution is 7.89. The number of anilines is 1. The Morgan fingerprint density at radius 1 is 1.32 bits per heavy atom. The molecule has 0 spiro atoms. The summed E-state index contributed by atoms with van der Waals surface area (Å²) in [6.45, 7) is 8.85. The van der Waals surface area contributed by atoms with Crippen molar-refractivity contribution >= 4 is 21.6 Å². The third kappa shape index (κ3) is 3.53. The van der Waals surface area contributed by atoms with Gasteiger partial charge in [-0.15, -0.1) is 0 Å². The van der Waals surface area contributed by atoms with Crippen molar-refractivity contribution in [2.75, 3.05) is 24.5 Å². The topological polar surface area (TPSA) is 66.9 Å². The van der Waals surface area contributed by atoms with Gasteiger partial charge in [0.05, 0.1) is 17.1 Å². The summed E-state index contributed by atoms with van der Waals surface area (Å²) in [4.78, 5) is 13.9. The van der Waals surface area contributed by atoms with Gasteiger partial charge in [-0.2, -0.15) is 4.31 Å². The van der Waals surface area contributed by atoms with E-state index >= 15 is 0 Å². The Bertz CT molecular complexity index is 788. The predicted molar refractivity (Wildman–Crippen MR) is 96.3 cm³/mol. The van der Waals surface area contributed by atoms with Crippen LogP contribution in [0.25, 0.3) is 0 Å². The molecule has 0 aromatic heterocycles. The zero-order valence-corrected chi connectivity index (χ0v) is 16.1. The second kappa shape index (κ2) is 6.29. The number of sulfonamides is 1. The van der Waals surface area contributed by atoms with Gasteiger partial charge in [0.25, 0.3) is 0 Å². The fourth-order valence-corrected chi connectivity index (χ4v) is 5.16. The van der Waals surface area contributed by atoms with E-state index in [0.717, 1.165) is 12.8 Å². The van der Waals surface area contributed by atoms with Crippen LogP contribution in [0.3, 0.4) is 0 Å². The third-order valence-electron chi connectivity index (χ3n) is 4.78. The summed E-state index contributed by atoms with van der Waals surface area (Å²) in [6.07, 6.45) is 1.93. The van der Waals surface area contributed by atoms with Crippen molar-refractivity contribution in [2.45, 2.75) is 51.0 Å². The van der Waals surface area contributed by atoms with Crippen LogP contribution < -0.4 is 9.64 Å². The summed E-state index contributed by atoms with van der Waals surface area (Å²) in [6, 6.07) is 4.81. The maximum Gasteiger partial charge on any atom is 0.243 e. The van der Waals surface area contributed by atoms with Crippen molar-refractivity contribution in [1.82, 2.24) is 4.31 Å². The number of benzene rings is 1. The highest BCUT2D eigenvalue weighted by atomic mass is 32.2. The van der Waals surface area contributed by atoms with Crippen LogP contribution in [-0.2, 0) is 14.8 Å². The lowest BCUT2D eigenvalue weighted by Crippen LogP contribution is -2.48. The smallest absolute Gasteiger partial charge is 0.243 e. The molecule has 0 radical (unpaired) electrons. The van der Waals surface area contributed by atoms with Crippen molar-refractivity contribution in [1.29, 1.82) is 0 Å². The summed E-state index contributed by atoms with van der Waals surface area (Å²) in [5, 5.41) is 0. The molecule has 2 heterocycles. The molecule has 1 fully saturated rings. The molecule has 2 aliphatic rings. The number of carbonyl (C=O) groups excluding carboxylic acids is 1. The molecular weight excluding hydrogens is 340 g/mol. The van der Waals surface area contributed by atoms with E-state index in [-0.39, 0.29) is 10.8 Å². The monoisotopic (exact) mass is 366 g/mol. The SMILES string of the molecule is CC(=O)N1CC(C)(C)Oc2ccc(S(=O)(=O)N3CCCC(C)C3)cc21. The fourth-order valence-electron chi connectivity index (χ4n) is 3.55. The van der Waals surface area contributed by atoms with Gasteiger partial charge in [-0.25, -0.2) is 8.42 Å². The van der Waals surface area contributed by atoms with E-state index in [2.05, 4.69) is 6.92 Å². The minimum atomic E-state index is -3.57. The van der Waals surface area contributed by atoms with Crippen LogP contribution in [0.4, 0.5) is 5.69 Å². The van der Waals surface area contributed by atoms with E-state index in [1.807, 2.05) is 13.8 Å². The third-order valence-corrected chi connectivity index (χ3v) is 6.65. The Balaban J connectivity index is 2.00. The van der Waals surface area contributed by atoms with E-state index in [4.69, 9.17) is 4.74 Å². The maximum atomic E-state index is 13.0. The molecule has 0 N–H and O–H groups in total. The second-order valence-electron chi connectivity index (χ2n) is 7.71. The Hall–Kier alpha value is -1.60. The molecule has 0 aliphatic carbocycles. The second-order valence-corrected chi connectivity index (χ2v) is 9.64. The highest BCUT2D eigenvalue weighted by Gasteiger charge is 2.36. The summed E-state index contributed by atoms with van der Waals surface area (Å²) in [5.74, 6) is 0.773. The lowest BCUT2D eigenvalue weighted by Gasteiger charge is -2.39. The number of fused-ring (bicyclic) bond motifs is 1. The Labute approximate surface area is 149 Å². The van der Waals surface area contributed by atoms with Crippen LogP contribution in [0.2, 0.25) is 0 Å². The molecule has 2 aliphatic heterocycles. The number of carbonyl (C=O) groups is 1. The number of ether oxygens (including phenoxy) is 1. The van der Waals surface area contributed by atoms with Gasteiger partial charge in [-0.1, -0.05) is 6.92 Å². The van der Waals surface area contributed by atoms with Crippen LogP contribution in [0.5, 0.6) is 5.75 Å². The molecule has 6 nitrogen and oxygen atoms in total. The normalized spacial score (nSPS) is 23.7. The van der Waals surface area contributed by atoms with Gasteiger partial charge in [0.15, 0.2) is 0 Å². The summed E-state index contributed by atoms with van der Waals surface area (Å²) in [5.41, 5.74) is 0.0134. The summed E-state index contributed by atoms with van der Waals surface area (Å²) < 4.78 is 33.5. The number of rotatable bonds is 2. The van der Waals surface area contributed by atoms with Gasteiger partial charge in [-0.3, -0.25) is 4.79 Å². The van der Waals surface area contributed by atoms with Crippen molar-refractivity contribution < 1.29 is 17.9 Å². The molecule has 3 rings (SSSR count). The number of nitrogens with zero attached hydrogens (tertiary/aromatic N) is 2. The molecule has 0 saturated carbocycles. The van der Waals surface area contributed by atoms with Gasteiger partial charge < -0.3 is 9.64 Å². The Kier molecular flexibility index (Phi) is 4.58. The first-order chi connectivity index (χ1) is 11.6. The number of amides is 1. The fraction of sp³-hybridized carbons (Fsp3) is 0.611. The lowest BCUT2D eigenvalue weighted by molar-refractivity contribution is -0.117. The molecule has 1 atom stereocenters. The van der Waals surface area contributed by atoms with Gasteiger partial charge in [0.2, 0.25) is 15.9 Å². The molecule has 1 amide bonds. The van der Waals surface area contributed by atoms with Gasteiger partial charge in [-0.05, 0) is 50.8 Å². The summed E-state index contributed by atoms with van der Waals surface area (Å²) in [7, 11) is -3.57. The first-order valence-electron chi connectivity index (χ1n) is 8.71. The van der Waals surface area contributed by atoms with Crippen molar-refractivity contribution in [2.24, 2.45) is 5.92 Å². The van der Waals surface area contributed by atoms with E-state index in [1.54, 1.807) is 27.4 Å². The van der Waals surface area contributed by atoms with E-state index in [1.165, 1.54) is 6.92 Å². The average Bonchev–Trinajstić information content (AvgIpc) is 2.52. The molecule has 1 unspecified atom stereocenters. The first-order valence-corrected chi connectivity index (χ1v) is 10.2. The highest BCUT2D eigenvalue weighted by Crippen LogP contribution is 2.39. The molecule has 7 heteroatoms. The maximum absolute atomic E-state index is 13.0. The predicted octanol–water partition coefficient (Wildman–Crippen LogP) is 2.63. The molecule has 25 heavy (non-hydrogen) atoms. The van der Waals surface area contributed by atoms with Crippen LogP contribution in [-0.4, -0.2) is 43.9 Å². The van der Waals surface area contributed by atoms with Gasteiger partial charge >= 0.3 is 0 Å². The molecule has 1 aromatic carbocycles. The zero-order chi connectivity index (χ0) is 18.4. The number of hydrogen-bond donors (Lipinski definition) is 0. The molecule has 0 bridgehead atoms. The van der Waals surface area contributed by atoms with E-state index in [9.17, 15) is 13.2 Å². The van der Waals surface area contributed by atoms with Crippen LogP contribution in [0.15, 0.2) is 23.1 Å². The minimum Gasteiger partial charge on any atom is -0.484 e. The number of piperidine rings is 1. The van der Waals surface area contributed by atoms with Gasteiger partial charge in [0, 0.05) is 20.0 Å². The largest absolute Gasteiger partial charge is 0.484 e. The summed E-state index contributed by atoms with van der Waals surface area (Å²) >= 11 is 0. The van der Waals surface area contributed by atoms with E-state index < -0.39 is 15.6 Å². The zero-order valence-electron chi connectivity index (χ0n) is 15.3. The van der Waals surface area contributed by atoms with Crippen LogP contribution >= 0.6 is 0 Å². The minimum absolute atomic E-state index is 0.126. The van der Waals surface area contributed by atoms with Crippen LogP contribution in [0.1, 0.15) is 40.5 Å². The van der Waals surface area contributed by atoms with E-state index in [0.29, 0.717) is 37.0 Å². The Morgan fingerprint density at radius 2 is 2.04 bits per heavy atom. The standard InChI is InChI=1S/C18H26N2O4S/c1-13-6-5-9-19(11-13)25(22,23)15-7-8-17-16(10-15)20(14(2)21)12-18(3,4)24-17/h7-8,10,13H,5-6,9,11-12H2,1-4H3. The number of hydrogen-bond acceptors (Lipinski definition) is 4. The molecule has 138 valence electrons. The molecular formula is C18H26N2O4S. The lowest BCUT2D eigenvalue weighted by atomic mass is 10.0.